The Hall–Kier alpha value is -2.90. The highest BCUT2D eigenvalue weighted by molar-refractivity contribution is 5.81. The van der Waals surface area contributed by atoms with E-state index in [1.807, 2.05) is 17.4 Å². The lowest BCUT2D eigenvalue weighted by atomic mass is 10.1. The van der Waals surface area contributed by atoms with E-state index in [2.05, 4.69) is 4.98 Å². The molecule has 1 aromatic heterocycles. The number of nitrogens with zero attached hydrogens (tertiary/aromatic N) is 2. The second kappa shape index (κ2) is 6.92. The number of aromatic nitrogens is 2. The first-order valence-electron chi connectivity index (χ1n) is 8.89. The topological polar surface area (TPSA) is 46.9 Å². The first kappa shape index (κ1) is 18.5. The number of halogens is 4. The quantitative estimate of drug-likeness (QED) is 0.653. The monoisotopic (exact) mass is 391 g/mol. The van der Waals surface area contributed by atoms with E-state index in [0.29, 0.717) is 11.0 Å². The first-order valence-corrected chi connectivity index (χ1v) is 8.89. The van der Waals surface area contributed by atoms with Gasteiger partial charge in [-0.3, -0.25) is 4.79 Å². The van der Waals surface area contributed by atoms with Crippen molar-refractivity contribution in [3.63, 3.8) is 0 Å². The number of benzene rings is 2. The van der Waals surface area contributed by atoms with Crippen molar-refractivity contribution in [3.8, 4) is 0 Å². The van der Waals surface area contributed by atoms with E-state index in [9.17, 15) is 22.4 Å². The molecule has 4 nitrogen and oxygen atoms in total. The molecule has 8 heteroatoms. The zero-order valence-corrected chi connectivity index (χ0v) is 14.7. The van der Waals surface area contributed by atoms with Crippen molar-refractivity contribution < 1.29 is 22.4 Å². The van der Waals surface area contributed by atoms with Gasteiger partial charge in [-0.15, -0.1) is 0 Å². The molecular formula is C20H17F4N3O. The largest absolute Gasteiger partial charge is 0.412 e. The molecule has 1 aliphatic rings. The number of hydrogen-bond acceptors (Lipinski definition) is 2. The molecule has 1 atom stereocenters. The van der Waals surface area contributed by atoms with Crippen molar-refractivity contribution in [1.29, 1.82) is 0 Å². The van der Waals surface area contributed by atoms with Crippen LogP contribution in [-0.4, -0.2) is 21.6 Å². The van der Waals surface area contributed by atoms with Crippen LogP contribution in [0.25, 0.3) is 11.0 Å². The van der Waals surface area contributed by atoms with Gasteiger partial charge in [0.25, 0.3) is 0 Å². The third-order valence-electron chi connectivity index (χ3n) is 4.76. The predicted molar refractivity (Wildman–Crippen MR) is 95.0 cm³/mol. The zero-order valence-electron chi connectivity index (χ0n) is 14.7. The summed E-state index contributed by atoms with van der Waals surface area (Å²) in [6, 6.07) is 8.95. The molecule has 1 unspecified atom stereocenters. The Kier molecular flexibility index (Phi) is 4.56. The number of imidazole rings is 1. The molecule has 1 N–H and O–H groups in total. The van der Waals surface area contributed by atoms with Crippen LogP contribution in [0.4, 0.5) is 17.6 Å². The van der Waals surface area contributed by atoms with Crippen molar-refractivity contribution in [2.75, 3.05) is 0 Å². The number of rotatable bonds is 5. The highest BCUT2D eigenvalue weighted by atomic mass is 19.4. The van der Waals surface area contributed by atoms with Crippen molar-refractivity contribution in [1.82, 2.24) is 14.9 Å². The van der Waals surface area contributed by atoms with Crippen LogP contribution in [0, 0.1) is 5.82 Å². The van der Waals surface area contributed by atoms with Gasteiger partial charge in [0.05, 0.1) is 11.0 Å². The van der Waals surface area contributed by atoms with Crippen LogP contribution in [0.2, 0.25) is 0 Å². The molecule has 2 aromatic carbocycles. The summed E-state index contributed by atoms with van der Waals surface area (Å²) in [7, 11) is 0. The summed E-state index contributed by atoms with van der Waals surface area (Å²) < 4.78 is 55.2. The number of para-hydroxylation sites is 2. The number of hydrogen-bond donors (Lipinski definition) is 1. The summed E-state index contributed by atoms with van der Waals surface area (Å²) in [5, 5.41) is 2.05. The van der Waals surface area contributed by atoms with Gasteiger partial charge in [-0.05, 0) is 42.7 Å². The molecule has 146 valence electrons. The van der Waals surface area contributed by atoms with Gasteiger partial charge < -0.3 is 9.88 Å². The van der Waals surface area contributed by atoms with Gasteiger partial charge in [0, 0.05) is 5.92 Å². The number of carbonyl (C=O) groups excluding carboxylic acids is 1. The first-order chi connectivity index (χ1) is 13.3. The molecule has 0 spiro atoms. The summed E-state index contributed by atoms with van der Waals surface area (Å²) in [4.78, 5) is 17.1. The van der Waals surface area contributed by atoms with Crippen molar-refractivity contribution >= 4 is 16.9 Å². The second-order valence-corrected chi connectivity index (χ2v) is 6.91. The fraction of sp³-hybridized carbons (Fsp3) is 0.300. The summed E-state index contributed by atoms with van der Waals surface area (Å²) in [5.74, 6) is -0.468. The molecule has 1 amide bonds. The molecule has 0 saturated heterocycles. The summed E-state index contributed by atoms with van der Waals surface area (Å²) in [5.41, 5.74) is 1.20. The smallest absolute Gasteiger partial charge is 0.339 e. The highest BCUT2D eigenvalue weighted by Gasteiger charge is 2.42. The molecule has 4 rings (SSSR count). The summed E-state index contributed by atoms with van der Waals surface area (Å²) in [6.07, 6.45) is -2.80. The Morgan fingerprint density at radius 2 is 1.82 bits per heavy atom. The fourth-order valence-corrected chi connectivity index (χ4v) is 3.27. The average Bonchev–Trinajstić information content (AvgIpc) is 3.43. The Morgan fingerprint density at radius 1 is 1.14 bits per heavy atom. The minimum atomic E-state index is -4.70. The molecule has 1 aliphatic carbocycles. The Balaban J connectivity index is 1.60. The molecule has 1 heterocycles. The molecule has 3 aromatic rings. The number of carbonyl (C=O) groups is 1. The number of alkyl halides is 3. The Labute approximate surface area is 158 Å². The van der Waals surface area contributed by atoms with Crippen molar-refractivity contribution in [2.45, 2.75) is 37.5 Å². The van der Waals surface area contributed by atoms with Gasteiger partial charge in [0.15, 0.2) is 6.04 Å². The lowest BCUT2D eigenvalue weighted by molar-refractivity contribution is -0.163. The van der Waals surface area contributed by atoms with Gasteiger partial charge in [-0.1, -0.05) is 24.3 Å². The molecule has 0 bridgehead atoms. The van der Waals surface area contributed by atoms with Crippen molar-refractivity contribution in [2.24, 2.45) is 0 Å². The maximum Gasteiger partial charge on any atom is 0.412 e. The lowest BCUT2D eigenvalue weighted by Gasteiger charge is -2.22. The Morgan fingerprint density at radius 3 is 2.46 bits per heavy atom. The van der Waals surface area contributed by atoms with Crippen LogP contribution in [0.5, 0.6) is 0 Å². The van der Waals surface area contributed by atoms with E-state index in [4.69, 9.17) is 0 Å². The lowest BCUT2D eigenvalue weighted by Crippen LogP contribution is -2.39. The van der Waals surface area contributed by atoms with Crippen LogP contribution < -0.4 is 5.32 Å². The minimum absolute atomic E-state index is 0.222. The van der Waals surface area contributed by atoms with Gasteiger partial charge in [0.1, 0.15) is 18.2 Å². The highest BCUT2D eigenvalue weighted by Crippen LogP contribution is 2.40. The molecule has 1 saturated carbocycles. The maximum atomic E-state index is 13.5. The fourth-order valence-electron chi connectivity index (χ4n) is 3.27. The van der Waals surface area contributed by atoms with Crippen LogP contribution in [-0.2, 0) is 11.3 Å². The molecular weight excluding hydrogens is 374 g/mol. The molecule has 0 radical (unpaired) electrons. The van der Waals surface area contributed by atoms with Crippen molar-refractivity contribution in [3.05, 3.63) is 65.7 Å². The average molecular weight is 391 g/mol. The second-order valence-electron chi connectivity index (χ2n) is 6.91. The normalized spacial score (nSPS) is 15.6. The minimum Gasteiger partial charge on any atom is -0.339 e. The van der Waals surface area contributed by atoms with Crippen LogP contribution in [0.15, 0.2) is 48.5 Å². The van der Waals surface area contributed by atoms with E-state index in [1.165, 1.54) is 0 Å². The van der Waals surface area contributed by atoms with Gasteiger partial charge >= 0.3 is 6.18 Å². The van der Waals surface area contributed by atoms with E-state index >= 15 is 0 Å². The molecule has 28 heavy (non-hydrogen) atoms. The van der Waals surface area contributed by atoms with Gasteiger partial charge in [-0.25, -0.2) is 9.37 Å². The van der Waals surface area contributed by atoms with E-state index in [0.717, 1.165) is 42.9 Å². The van der Waals surface area contributed by atoms with E-state index in [1.54, 1.807) is 16.7 Å². The van der Waals surface area contributed by atoms with E-state index in [-0.39, 0.29) is 18.0 Å². The SMILES string of the molecule is O=C(Cn1c(C2CC2)nc2ccccc21)NC(c1ccc(F)cc1)C(F)(F)F. The number of amides is 1. The van der Waals surface area contributed by atoms with Crippen LogP contribution >= 0.6 is 0 Å². The maximum absolute atomic E-state index is 13.5. The van der Waals surface area contributed by atoms with E-state index < -0.39 is 23.9 Å². The molecule has 0 aliphatic heterocycles. The molecule has 1 fully saturated rings. The van der Waals surface area contributed by atoms with Gasteiger partial charge in [-0.2, -0.15) is 13.2 Å². The summed E-state index contributed by atoms with van der Waals surface area (Å²) >= 11 is 0. The number of nitrogens with one attached hydrogen (secondary N) is 1. The third-order valence-corrected chi connectivity index (χ3v) is 4.76. The van der Waals surface area contributed by atoms with Crippen LogP contribution in [0.3, 0.4) is 0 Å². The number of fused-ring (bicyclic) bond motifs is 1. The van der Waals surface area contributed by atoms with Gasteiger partial charge in [0.2, 0.25) is 5.91 Å². The predicted octanol–water partition coefficient (Wildman–Crippen LogP) is 4.47. The van der Waals surface area contributed by atoms with Crippen LogP contribution in [0.1, 0.15) is 36.2 Å². The third kappa shape index (κ3) is 3.72. The summed E-state index contributed by atoms with van der Waals surface area (Å²) in [6.45, 7) is -0.264. The Bertz CT molecular complexity index is 1010. The zero-order chi connectivity index (χ0) is 19.9. The standard InChI is InChI=1S/C20H17F4N3O/c21-14-9-7-12(8-10-14)18(20(22,23)24)26-17(28)11-27-16-4-2-1-3-15(16)25-19(27)13-5-6-13/h1-4,7-10,13,18H,5-6,11H2,(H,26,28).